The Morgan fingerprint density at radius 3 is 2.57 bits per heavy atom. The second kappa shape index (κ2) is 4.94. The van der Waals surface area contributed by atoms with Crippen LogP contribution < -0.4 is 4.90 Å². The number of aryl methyl sites for hydroxylation is 1. The molecule has 0 aliphatic heterocycles. The molecular weight excluding hydrogens is 184 g/mol. The maximum atomic E-state index is 12.2. The van der Waals surface area contributed by atoms with Crippen molar-refractivity contribution >= 4 is 5.69 Å². The largest absolute Gasteiger partial charge is 0.366 e. The standard InChI is InChI=1S/C11H15F2N/c1-3-14(8-11(12)13)10-6-4-5-9(2)7-10/h4-7,11H,3,8H2,1-2H3. The van der Waals surface area contributed by atoms with Gasteiger partial charge in [-0.2, -0.15) is 0 Å². The highest BCUT2D eigenvalue weighted by Gasteiger charge is 2.10. The molecule has 0 heterocycles. The molecule has 3 heteroatoms. The summed E-state index contributed by atoms with van der Waals surface area (Å²) in [6.07, 6.45) is -2.28. The summed E-state index contributed by atoms with van der Waals surface area (Å²) in [6.45, 7) is 4.25. The molecule has 0 aromatic heterocycles. The van der Waals surface area contributed by atoms with Crippen molar-refractivity contribution in [3.05, 3.63) is 29.8 Å². The lowest BCUT2D eigenvalue weighted by molar-refractivity contribution is 0.155. The first-order chi connectivity index (χ1) is 6.63. The fourth-order valence-electron chi connectivity index (χ4n) is 1.41. The van der Waals surface area contributed by atoms with Crippen molar-refractivity contribution in [1.29, 1.82) is 0 Å². The molecule has 0 aliphatic rings. The lowest BCUT2D eigenvalue weighted by Crippen LogP contribution is -2.28. The van der Waals surface area contributed by atoms with Crippen molar-refractivity contribution in [3.8, 4) is 0 Å². The third kappa shape index (κ3) is 2.98. The summed E-state index contributed by atoms with van der Waals surface area (Å²) in [4.78, 5) is 1.68. The molecule has 1 nitrogen and oxygen atoms in total. The van der Waals surface area contributed by atoms with E-state index in [1.807, 2.05) is 38.1 Å². The second-order valence-corrected chi connectivity index (χ2v) is 3.27. The van der Waals surface area contributed by atoms with E-state index in [0.29, 0.717) is 6.54 Å². The van der Waals surface area contributed by atoms with Gasteiger partial charge in [0.05, 0.1) is 6.54 Å². The molecule has 1 aromatic rings. The third-order valence-corrected chi connectivity index (χ3v) is 2.11. The molecular formula is C11H15F2N. The predicted molar refractivity (Wildman–Crippen MR) is 55.1 cm³/mol. The van der Waals surface area contributed by atoms with Crippen LogP contribution in [-0.2, 0) is 0 Å². The van der Waals surface area contributed by atoms with Gasteiger partial charge in [0, 0.05) is 12.2 Å². The molecule has 1 aromatic carbocycles. The number of anilines is 1. The van der Waals surface area contributed by atoms with Crippen molar-refractivity contribution in [1.82, 2.24) is 0 Å². The lowest BCUT2D eigenvalue weighted by Gasteiger charge is -2.22. The molecule has 0 atom stereocenters. The van der Waals surface area contributed by atoms with E-state index in [-0.39, 0.29) is 6.54 Å². The summed E-state index contributed by atoms with van der Waals surface area (Å²) in [5.41, 5.74) is 1.96. The van der Waals surface area contributed by atoms with Gasteiger partial charge in [0.1, 0.15) is 0 Å². The number of rotatable bonds is 4. The van der Waals surface area contributed by atoms with Gasteiger partial charge in [-0.05, 0) is 31.5 Å². The Morgan fingerprint density at radius 1 is 1.36 bits per heavy atom. The highest BCUT2D eigenvalue weighted by atomic mass is 19.3. The van der Waals surface area contributed by atoms with E-state index in [2.05, 4.69) is 0 Å². The van der Waals surface area contributed by atoms with Gasteiger partial charge < -0.3 is 4.90 Å². The second-order valence-electron chi connectivity index (χ2n) is 3.27. The zero-order valence-corrected chi connectivity index (χ0v) is 8.50. The van der Waals surface area contributed by atoms with Gasteiger partial charge in [-0.25, -0.2) is 8.78 Å². The van der Waals surface area contributed by atoms with E-state index in [1.165, 1.54) is 0 Å². The smallest absolute Gasteiger partial charge is 0.255 e. The Labute approximate surface area is 83.3 Å². The normalized spacial score (nSPS) is 10.6. The maximum absolute atomic E-state index is 12.2. The Hall–Kier alpha value is -1.12. The van der Waals surface area contributed by atoms with Crippen LogP contribution in [0.5, 0.6) is 0 Å². The number of alkyl halides is 2. The van der Waals surface area contributed by atoms with Crippen LogP contribution in [0.4, 0.5) is 14.5 Å². The van der Waals surface area contributed by atoms with Crippen molar-refractivity contribution in [2.24, 2.45) is 0 Å². The van der Waals surface area contributed by atoms with Crippen molar-refractivity contribution in [2.75, 3.05) is 18.0 Å². The van der Waals surface area contributed by atoms with Gasteiger partial charge in [-0.3, -0.25) is 0 Å². The van der Waals surface area contributed by atoms with E-state index in [4.69, 9.17) is 0 Å². The van der Waals surface area contributed by atoms with Gasteiger partial charge in [0.25, 0.3) is 6.43 Å². The monoisotopic (exact) mass is 199 g/mol. The zero-order valence-electron chi connectivity index (χ0n) is 8.50. The molecule has 0 aliphatic carbocycles. The number of benzene rings is 1. The average molecular weight is 199 g/mol. The van der Waals surface area contributed by atoms with Crippen LogP contribution in [0, 0.1) is 6.92 Å². The predicted octanol–water partition coefficient (Wildman–Crippen LogP) is 3.09. The third-order valence-electron chi connectivity index (χ3n) is 2.11. The minimum absolute atomic E-state index is 0.194. The van der Waals surface area contributed by atoms with E-state index in [9.17, 15) is 8.78 Å². The summed E-state index contributed by atoms with van der Waals surface area (Å²) in [5, 5.41) is 0. The number of hydrogen-bond acceptors (Lipinski definition) is 1. The molecule has 0 spiro atoms. The maximum Gasteiger partial charge on any atom is 0.255 e. The van der Waals surface area contributed by atoms with Crippen LogP contribution in [0.3, 0.4) is 0 Å². The van der Waals surface area contributed by atoms with Gasteiger partial charge >= 0.3 is 0 Å². The highest BCUT2D eigenvalue weighted by molar-refractivity contribution is 5.48. The van der Waals surface area contributed by atoms with E-state index < -0.39 is 6.43 Å². The quantitative estimate of drug-likeness (QED) is 0.720. The summed E-state index contributed by atoms with van der Waals surface area (Å²) in [6, 6.07) is 7.63. The first-order valence-electron chi connectivity index (χ1n) is 4.73. The Kier molecular flexibility index (Phi) is 3.86. The number of nitrogens with zero attached hydrogens (tertiary/aromatic N) is 1. The Balaban J connectivity index is 2.78. The van der Waals surface area contributed by atoms with Gasteiger partial charge in [0.2, 0.25) is 0 Å². The average Bonchev–Trinajstić information content (AvgIpc) is 2.14. The molecule has 0 radical (unpaired) electrons. The molecule has 14 heavy (non-hydrogen) atoms. The summed E-state index contributed by atoms with van der Waals surface area (Å²) >= 11 is 0. The van der Waals surface area contributed by atoms with Crippen molar-refractivity contribution in [2.45, 2.75) is 20.3 Å². The highest BCUT2D eigenvalue weighted by Crippen LogP contribution is 2.16. The number of hydrogen-bond donors (Lipinski definition) is 0. The molecule has 0 unspecified atom stereocenters. The summed E-state index contributed by atoms with van der Waals surface area (Å²) < 4.78 is 24.4. The molecule has 0 saturated carbocycles. The summed E-state index contributed by atoms with van der Waals surface area (Å²) in [7, 11) is 0. The van der Waals surface area contributed by atoms with Crippen molar-refractivity contribution < 1.29 is 8.78 Å². The Morgan fingerprint density at radius 2 is 2.07 bits per heavy atom. The molecule has 0 N–H and O–H groups in total. The van der Waals surface area contributed by atoms with E-state index >= 15 is 0 Å². The minimum Gasteiger partial charge on any atom is -0.366 e. The first kappa shape index (κ1) is 11.0. The number of halogens is 2. The molecule has 0 saturated heterocycles. The van der Waals surface area contributed by atoms with Crippen LogP contribution >= 0.6 is 0 Å². The van der Waals surface area contributed by atoms with Gasteiger partial charge in [-0.15, -0.1) is 0 Å². The molecule has 0 amide bonds. The van der Waals surface area contributed by atoms with Gasteiger partial charge in [-0.1, -0.05) is 12.1 Å². The van der Waals surface area contributed by atoms with Crippen LogP contribution in [-0.4, -0.2) is 19.5 Å². The minimum atomic E-state index is -2.28. The SMILES string of the molecule is CCN(CC(F)F)c1cccc(C)c1. The fraction of sp³-hybridized carbons (Fsp3) is 0.455. The Bertz CT molecular complexity index is 286. The summed E-state index contributed by atoms with van der Waals surface area (Å²) in [5.74, 6) is 0. The van der Waals surface area contributed by atoms with Crippen LogP contribution in [0.1, 0.15) is 12.5 Å². The van der Waals surface area contributed by atoms with Crippen molar-refractivity contribution in [3.63, 3.8) is 0 Å². The fourth-order valence-corrected chi connectivity index (χ4v) is 1.41. The van der Waals surface area contributed by atoms with Crippen LogP contribution in [0.15, 0.2) is 24.3 Å². The van der Waals surface area contributed by atoms with E-state index in [0.717, 1.165) is 11.3 Å². The molecule has 1 rings (SSSR count). The van der Waals surface area contributed by atoms with Crippen LogP contribution in [0.2, 0.25) is 0 Å². The van der Waals surface area contributed by atoms with Crippen LogP contribution in [0.25, 0.3) is 0 Å². The van der Waals surface area contributed by atoms with E-state index in [1.54, 1.807) is 4.90 Å². The molecule has 0 fully saturated rings. The first-order valence-corrected chi connectivity index (χ1v) is 4.73. The molecule has 0 bridgehead atoms. The topological polar surface area (TPSA) is 3.24 Å². The molecule has 78 valence electrons. The van der Waals surface area contributed by atoms with Gasteiger partial charge in [0.15, 0.2) is 0 Å². The zero-order chi connectivity index (χ0) is 10.6. The lowest BCUT2D eigenvalue weighted by atomic mass is 10.2.